The zero-order chi connectivity index (χ0) is 13.7. The van der Waals surface area contributed by atoms with Crippen LogP contribution in [0.3, 0.4) is 0 Å². The highest BCUT2D eigenvalue weighted by atomic mass is 35.5. The molecule has 2 rings (SSSR count). The molecule has 96 valence electrons. The summed E-state index contributed by atoms with van der Waals surface area (Å²) in [4.78, 5) is 11.8. The van der Waals surface area contributed by atoms with Crippen molar-refractivity contribution in [2.45, 2.75) is 6.92 Å². The van der Waals surface area contributed by atoms with Crippen LogP contribution in [0, 0.1) is 6.92 Å². The van der Waals surface area contributed by atoms with Gasteiger partial charge in [0.1, 0.15) is 0 Å². The predicted molar refractivity (Wildman–Crippen MR) is 77.7 cm³/mol. The van der Waals surface area contributed by atoms with Crippen molar-refractivity contribution in [3.05, 3.63) is 70.2 Å². The fraction of sp³-hybridized carbons (Fsp3) is 0.0667. The van der Waals surface area contributed by atoms with Gasteiger partial charge in [-0.2, -0.15) is 5.10 Å². The number of rotatable bonds is 3. The lowest BCUT2D eigenvalue weighted by Crippen LogP contribution is -2.17. The maximum Gasteiger partial charge on any atom is 0.271 e. The van der Waals surface area contributed by atoms with Gasteiger partial charge in [-0.05, 0) is 36.8 Å². The summed E-state index contributed by atoms with van der Waals surface area (Å²) < 4.78 is 0. The molecule has 3 nitrogen and oxygen atoms in total. The Labute approximate surface area is 116 Å². The molecule has 0 unspecified atom stereocenters. The molecule has 0 saturated heterocycles. The summed E-state index contributed by atoms with van der Waals surface area (Å²) in [6, 6.07) is 14.5. The Kier molecular flexibility index (Phi) is 4.31. The van der Waals surface area contributed by atoms with Crippen LogP contribution in [0.1, 0.15) is 21.5 Å². The van der Waals surface area contributed by atoms with E-state index in [0.717, 1.165) is 11.1 Å². The molecule has 0 aliphatic carbocycles. The highest BCUT2D eigenvalue weighted by Gasteiger charge is 2.02. The smallest absolute Gasteiger partial charge is 0.267 e. The summed E-state index contributed by atoms with van der Waals surface area (Å²) in [5.41, 5.74) is 4.98. The van der Waals surface area contributed by atoms with Gasteiger partial charge in [0.15, 0.2) is 0 Å². The molecule has 2 aromatic carbocycles. The predicted octanol–water partition coefficient (Wildman–Crippen LogP) is 3.41. The molecule has 0 heterocycles. The first-order chi connectivity index (χ1) is 9.15. The molecule has 0 fully saturated rings. The van der Waals surface area contributed by atoms with Crippen LogP contribution in [-0.4, -0.2) is 12.1 Å². The fourth-order valence-electron chi connectivity index (χ4n) is 1.57. The summed E-state index contributed by atoms with van der Waals surface area (Å²) in [6.07, 6.45) is 1.57. The Morgan fingerprint density at radius 2 is 1.95 bits per heavy atom. The zero-order valence-electron chi connectivity index (χ0n) is 10.4. The van der Waals surface area contributed by atoms with Gasteiger partial charge < -0.3 is 0 Å². The van der Waals surface area contributed by atoms with E-state index in [1.165, 1.54) is 0 Å². The lowest BCUT2D eigenvalue weighted by Gasteiger charge is -2.00. The second kappa shape index (κ2) is 6.16. The average molecular weight is 273 g/mol. The number of carbonyl (C=O) groups is 1. The first-order valence-electron chi connectivity index (χ1n) is 5.81. The number of hydrogen-bond donors (Lipinski definition) is 1. The Morgan fingerprint density at radius 3 is 2.63 bits per heavy atom. The molecule has 0 radical (unpaired) electrons. The largest absolute Gasteiger partial charge is 0.271 e. The first kappa shape index (κ1) is 13.3. The van der Waals surface area contributed by atoms with Crippen molar-refractivity contribution in [2.24, 2.45) is 5.10 Å². The van der Waals surface area contributed by atoms with Crippen LogP contribution in [0.25, 0.3) is 0 Å². The van der Waals surface area contributed by atoms with E-state index in [2.05, 4.69) is 10.5 Å². The van der Waals surface area contributed by atoms with Crippen molar-refractivity contribution in [3.8, 4) is 0 Å². The molecule has 0 aliphatic heterocycles. The van der Waals surface area contributed by atoms with Crippen LogP contribution in [0.4, 0.5) is 0 Å². The minimum absolute atomic E-state index is 0.228. The minimum Gasteiger partial charge on any atom is -0.267 e. The number of benzene rings is 2. The molecular weight excluding hydrogens is 260 g/mol. The number of hydrazone groups is 1. The lowest BCUT2D eigenvalue weighted by molar-refractivity contribution is 0.0955. The third-order valence-electron chi connectivity index (χ3n) is 2.53. The molecule has 0 saturated carbocycles. The van der Waals surface area contributed by atoms with Crippen LogP contribution in [0.5, 0.6) is 0 Å². The van der Waals surface area contributed by atoms with Gasteiger partial charge in [0.05, 0.1) is 6.21 Å². The van der Waals surface area contributed by atoms with Crippen molar-refractivity contribution in [2.75, 3.05) is 0 Å². The number of carbonyl (C=O) groups excluding carboxylic acids is 1. The number of halogens is 1. The van der Waals surface area contributed by atoms with E-state index in [4.69, 9.17) is 11.6 Å². The van der Waals surface area contributed by atoms with E-state index >= 15 is 0 Å². The highest BCUT2D eigenvalue weighted by molar-refractivity contribution is 6.30. The summed E-state index contributed by atoms with van der Waals surface area (Å²) in [6.45, 7) is 1.94. The quantitative estimate of drug-likeness (QED) is 0.675. The van der Waals surface area contributed by atoms with Gasteiger partial charge in [0.2, 0.25) is 0 Å². The van der Waals surface area contributed by atoms with E-state index in [-0.39, 0.29) is 5.91 Å². The standard InChI is InChI=1S/C15H13ClN2O/c1-11-3-2-4-13(9-11)15(19)18-17-10-12-5-7-14(16)8-6-12/h2-10H,1H3,(H,18,19)/b17-10-. The van der Waals surface area contributed by atoms with Crippen LogP contribution in [-0.2, 0) is 0 Å². The number of nitrogens with one attached hydrogen (secondary N) is 1. The molecular formula is C15H13ClN2O. The van der Waals surface area contributed by atoms with Gasteiger partial charge in [-0.3, -0.25) is 4.79 Å². The number of amides is 1. The third-order valence-corrected chi connectivity index (χ3v) is 2.78. The second-order valence-corrected chi connectivity index (χ2v) is 4.56. The van der Waals surface area contributed by atoms with E-state index in [0.29, 0.717) is 10.6 Å². The van der Waals surface area contributed by atoms with Crippen LogP contribution in [0.2, 0.25) is 5.02 Å². The van der Waals surface area contributed by atoms with Gasteiger partial charge in [0.25, 0.3) is 5.91 Å². The highest BCUT2D eigenvalue weighted by Crippen LogP contribution is 2.08. The van der Waals surface area contributed by atoms with E-state index in [9.17, 15) is 4.79 Å². The normalized spacial score (nSPS) is 10.6. The van der Waals surface area contributed by atoms with Gasteiger partial charge in [0, 0.05) is 10.6 Å². The van der Waals surface area contributed by atoms with E-state index < -0.39 is 0 Å². The second-order valence-electron chi connectivity index (χ2n) is 4.12. The summed E-state index contributed by atoms with van der Waals surface area (Å²) in [5, 5.41) is 4.58. The van der Waals surface area contributed by atoms with Crippen LogP contribution < -0.4 is 5.43 Å². The molecule has 0 aromatic heterocycles. The van der Waals surface area contributed by atoms with Crippen molar-refractivity contribution in [1.29, 1.82) is 0 Å². The van der Waals surface area contributed by atoms with Gasteiger partial charge in [-0.15, -0.1) is 0 Å². The molecule has 0 bridgehead atoms. The van der Waals surface area contributed by atoms with Gasteiger partial charge >= 0.3 is 0 Å². The zero-order valence-corrected chi connectivity index (χ0v) is 11.2. The summed E-state index contributed by atoms with van der Waals surface area (Å²) >= 11 is 5.78. The summed E-state index contributed by atoms with van der Waals surface area (Å²) in [5.74, 6) is -0.228. The third kappa shape index (κ3) is 3.93. The number of hydrogen-bond acceptors (Lipinski definition) is 2. The molecule has 2 aromatic rings. The van der Waals surface area contributed by atoms with E-state index in [1.54, 1.807) is 24.4 Å². The molecule has 0 spiro atoms. The fourth-order valence-corrected chi connectivity index (χ4v) is 1.69. The molecule has 4 heteroatoms. The Balaban J connectivity index is 1.98. The number of nitrogens with zero attached hydrogens (tertiary/aromatic N) is 1. The van der Waals surface area contributed by atoms with Gasteiger partial charge in [-0.25, -0.2) is 5.43 Å². The average Bonchev–Trinajstić information content (AvgIpc) is 2.41. The van der Waals surface area contributed by atoms with Crippen LogP contribution >= 0.6 is 11.6 Å². The maximum absolute atomic E-state index is 11.8. The van der Waals surface area contributed by atoms with Crippen molar-refractivity contribution < 1.29 is 4.79 Å². The SMILES string of the molecule is Cc1cccc(C(=O)N/N=C\c2ccc(Cl)cc2)c1. The van der Waals surface area contributed by atoms with Gasteiger partial charge in [-0.1, -0.05) is 41.4 Å². The Bertz CT molecular complexity index is 606. The monoisotopic (exact) mass is 272 g/mol. The first-order valence-corrected chi connectivity index (χ1v) is 6.18. The molecule has 0 aliphatic rings. The topological polar surface area (TPSA) is 41.5 Å². The lowest BCUT2D eigenvalue weighted by atomic mass is 10.1. The van der Waals surface area contributed by atoms with Crippen molar-refractivity contribution in [3.63, 3.8) is 0 Å². The van der Waals surface area contributed by atoms with Crippen molar-refractivity contribution in [1.82, 2.24) is 5.43 Å². The van der Waals surface area contributed by atoms with E-state index in [1.807, 2.05) is 37.3 Å². The number of aryl methyl sites for hydroxylation is 1. The Morgan fingerprint density at radius 1 is 1.21 bits per heavy atom. The Hall–Kier alpha value is -2.13. The molecule has 1 amide bonds. The maximum atomic E-state index is 11.8. The minimum atomic E-state index is -0.228. The molecule has 19 heavy (non-hydrogen) atoms. The molecule has 0 atom stereocenters. The van der Waals surface area contributed by atoms with Crippen molar-refractivity contribution >= 4 is 23.7 Å². The van der Waals surface area contributed by atoms with Crippen LogP contribution in [0.15, 0.2) is 53.6 Å². The molecule has 1 N–H and O–H groups in total. The summed E-state index contributed by atoms with van der Waals surface area (Å²) in [7, 11) is 0.